The largest absolute Gasteiger partial charge is 0.325 e. The molecule has 2 aromatic heterocycles. The van der Waals surface area contributed by atoms with Gasteiger partial charge in [0.15, 0.2) is 0 Å². The highest BCUT2D eigenvalue weighted by Gasteiger charge is 2.24. The van der Waals surface area contributed by atoms with Crippen molar-refractivity contribution in [2.45, 2.75) is 25.3 Å². The van der Waals surface area contributed by atoms with E-state index >= 15 is 0 Å². The number of hydrogen-bond acceptors (Lipinski definition) is 5. The molecule has 2 rings (SSSR count). The molecule has 0 aliphatic carbocycles. The molecule has 20 heavy (non-hydrogen) atoms. The lowest BCUT2D eigenvalue weighted by Crippen LogP contribution is -2.17. The first-order chi connectivity index (χ1) is 9.35. The number of nitrogens with two attached hydrogens (primary N) is 1. The molecule has 0 radical (unpaired) electrons. The van der Waals surface area contributed by atoms with Crippen molar-refractivity contribution in [3.63, 3.8) is 0 Å². The van der Waals surface area contributed by atoms with E-state index in [0.717, 1.165) is 10.0 Å². The number of hydrogen-bond donors (Lipinski definition) is 3. The third-order valence-corrected chi connectivity index (χ3v) is 5.10. The predicted octanol–water partition coefficient (Wildman–Crippen LogP) is 1.44. The number of aromatic nitrogens is 3. The fourth-order valence-corrected chi connectivity index (χ4v) is 3.34. The van der Waals surface area contributed by atoms with E-state index in [1.54, 1.807) is 19.2 Å². The van der Waals surface area contributed by atoms with Crippen LogP contribution in [0.2, 0.25) is 0 Å². The Hall–Kier alpha value is -1.45. The summed E-state index contributed by atoms with van der Waals surface area (Å²) >= 11 is 3.31. The summed E-state index contributed by atoms with van der Waals surface area (Å²) in [7, 11) is -3.77. The molecular formula is C11H14BrN5O2S. The topological polar surface area (TPSA) is 114 Å². The van der Waals surface area contributed by atoms with Gasteiger partial charge in [-0.3, -0.25) is 9.82 Å². The number of rotatable bonds is 4. The van der Waals surface area contributed by atoms with Crippen LogP contribution in [0, 0.1) is 13.8 Å². The fraction of sp³-hybridized carbons (Fsp3) is 0.273. The number of anilines is 1. The maximum absolute atomic E-state index is 12.4. The first-order valence-electron chi connectivity index (χ1n) is 5.74. The zero-order chi connectivity index (χ0) is 14.9. The Bertz CT molecular complexity index is 741. The summed E-state index contributed by atoms with van der Waals surface area (Å²) < 4.78 is 28.0. The smallest absolute Gasteiger partial charge is 0.266 e. The third kappa shape index (κ3) is 2.84. The molecule has 0 saturated carbocycles. The summed E-state index contributed by atoms with van der Waals surface area (Å²) in [6.07, 6.45) is 1.54. The number of pyridine rings is 1. The molecule has 0 atom stereocenters. The lowest BCUT2D eigenvalue weighted by Gasteiger charge is -2.09. The van der Waals surface area contributed by atoms with E-state index in [9.17, 15) is 8.42 Å². The van der Waals surface area contributed by atoms with Crippen LogP contribution >= 0.6 is 15.9 Å². The van der Waals surface area contributed by atoms with Gasteiger partial charge in [0, 0.05) is 17.2 Å². The summed E-state index contributed by atoms with van der Waals surface area (Å²) in [5, 5.41) is 6.50. The number of H-pyrrole nitrogens is 1. The van der Waals surface area contributed by atoms with Gasteiger partial charge in [0.25, 0.3) is 10.0 Å². The lowest BCUT2D eigenvalue weighted by molar-refractivity contribution is 0.599. The Morgan fingerprint density at radius 2 is 2.15 bits per heavy atom. The molecule has 9 heteroatoms. The minimum atomic E-state index is -3.77. The van der Waals surface area contributed by atoms with E-state index in [1.165, 1.54) is 0 Å². The van der Waals surface area contributed by atoms with Crippen molar-refractivity contribution >= 4 is 31.8 Å². The van der Waals surface area contributed by atoms with E-state index in [0.29, 0.717) is 11.4 Å². The first kappa shape index (κ1) is 14.9. The van der Waals surface area contributed by atoms with Gasteiger partial charge in [-0.1, -0.05) is 0 Å². The van der Waals surface area contributed by atoms with E-state index in [-0.39, 0.29) is 17.3 Å². The lowest BCUT2D eigenvalue weighted by atomic mass is 10.3. The van der Waals surface area contributed by atoms with Gasteiger partial charge >= 0.3 is 0 Å². The Labute approximate surface area is 125 Å². The van der Waals surface area contributed by atoms with Crippen molar-refractivity contribution < 1.29 is 8.42 Å². The average Bonchev–Trinajstić information content (AvgIpc) is 2.75. The van der Waals surface area contributed by atoms with E-state index in [4.69, 9.17) is 5.73 Å². The molecule has 0 aliphatic heterocycles. The summed E-state index contributed by atoms with van der Waals surface area (Å²) in [4.78, 5) is 4.09. The molecule has 0 bridgehead atoms. The summed E-state index contributed by atoms with van der Waals surface area (Å²) in [6.45, 7) is 3.51. The number of nitrogens with zero attached hydrogens (tertiary/aromatic N) is 2. The molecule has 108 valence electrons. The van der Waals surface area contributed by atoms with Gasteiger partial charge in [0.05, 0.1) is 11.4 Å². The van der Waals surface area contributed by atoms with Gasteiger partial charge in [-0.05, 0) is 41.4 Å². The molecule has 2 aromatic rings. The van der Waals surface area contributed by atoms with Crippen LogP contribution in [-0.2, 0) is 16.6 Å². The van der Waals surface area contributed by atoms with Gasteiger partial charge in [-0.25, -0.2) is 13.4 Å². The van der Waals surface area contributed by atoms with Gasteiger partial charge in [0.1, 0.15) is 10.7 Å². The highest BCUT2D eigenvalue weighted by atomic mass is 79.9. The molecule has 0 unspecified atom stereocenters. The predicted molar refractivity (Wildman–Crippen MR) is 78.7 cm³/mol. The van der Waals surface area contributed by atoms with Crippen molar-refractivity contribution in [1.82, 2.24) is 15.2 Å². The van der Waals surface area contributed by atoms with Crippen LogP contribution in [-0.4, -0.2) is 23.6 Å². The van der Waals surface area contributed by atoms with E-state index in [1.807, 2.05) is 6.92 Å². The first-order valence-corrected chi connectivity index (χ1v) is 8.01. The second-order valence-electron chi connectivity index (χ2n) is 4.25. The second-order valence-corrected chi connectivity index (χ2v) is 6.73. The van der Waals surface area contributed by atoms with Gasteiger partial charge < -0.3 is 5.73 Å². The van der Waals surface area contributed by atoms with E-state index < -0.39 is 10.0 Å². The zero-order valence-electron chi connectivity index (χ0n) is 10.9. The van der Waals surface area contributed by atoms with Crippen LogP contribution in [0.1, 0.15) is 17.0 Å². The normalized spacial score (nSPS) is 11.6. The Morgan fingerprint density at radius 1 is 1.45 bits per heavy atom. The molecule has 0 aromatic carbocycles. The molecule has 7 nitrogen and oxygen atoms in total. The molecule has 0 fully saturated rings. The third-order valence-electron chi connectivity index (χ3n) is 2.71. The van der Waals surface area contributed by atoms with Gasteiger partial charge in [0.2, 0.25) is 0 Å². The van der Waals surface area contributed by atoms with Gasteiger partial charge in [-0.15, -0.1) is 0 Å². The molecule has 0 saturated heterocycles. The highest BCUT2D eigenvalue weighted by molar-refractivity contribution is 9.10. The number of nitrogens with one attached hydrogen (secondary N) is 2. The van der Waals surface area contributed by atoms with Crippen LogP contribution in [0.3, 0.4) is 0 Å². The number of halogens is 1. The van der Waals surface area contributed by atoms with Crippen molar-refractivity contribution in [2.75, 3.05) is 4.72 Å². The second kappa shape index (κ2) is 5.51. The minimum Gasteiger partial charge on any atom is -0.325 e. The quantitative estimate of drug-likeness (QED) is 0.764. The van der Waals surface area contributed by atoms with Crippen molar-refractivity contribution in [1.29, 1.82) is 0 Å². The molecule has 2 heterocycles. The zero-order valence-corrected chi connectivity index (χ0v) is 13.3. The van der Waals surface area contributed by atoms with Gasteiger partial charge in [-0.2, -0.15) is 5.10 Å². The van der Waals surface area contributed by atoms with Crippen molar-refractivity contribution in [3.05, 3.63) is 33.7 Å². The van der Waals surface area contributed by atoms with Crippen LogP contribution < -0.4 is 10.5 Å². The molecule has 4 N–H and O–H groups in total. The summed E-state index contributed by atoms with van der Waals surface area (Å²) in [5.41, 5.74) is 7.11. The standard InChI is InChI=1S/C11H14BrN5O2S/c1-6-3-10(14-5-8(6)12)17-20(18,19)11-7(2)15-16-9(11)4-13/h3,5H,4,13H2,1-2H3,(H,14,17)(H,15,16). The maximum Gasteiger partial charge on any atom is 0.266 e. The monoisotopic (exact) mass is 359 g/mol. The summed E-state index contributed by atoms with van der Waals surface area (Å²) in [6, 6.07) is 1.64. The molecular weight excluding hydrogens is 346 g/mol. The van der Waals surface area contributed by atoms with Crippen LogP contribution in [0.5, 0.6) is 0 Å². The van der Waals surface area contributed by atoms with Crippen molar-refractivity contribution in [2.24, 2.45) is 5.73 Å². The Kier molecular flexibility index (Phi) is 4.11. The van der Waals surface area contributed by atoms with Crippen LogP contribution in [0.4, 0.5) is 5.82 Å². The fourth-order valence-electron chi connectivity index (χ4n) is 1.75. The average molecular weight is 360 g/mol. The maximum atomic E-state index is 12.4. The Balaban J connectivity index is 2.40. The number of sulfonamides is 1. The highest BCUT2D eigenvalue weighted by Crippen LogP contribution is 2.22. The molecule has 0 aliphatic rings. The number of aromatic amines is 1. The SMILES string of the molecule is Cc1cc(NS(=O)(=O)c2c(CN)n[nH]c2C)ncc1Br. The summed E-state index contributed by atoms with van der Waals surface area (Å²) in [5.74, 6) is 0.245. The van der Waals surface area contributed by atoms with Crippen LogP contribution in [0.25, 0.3) is 0 Å². The van der Waals surface area contributed by atoms with Crippen molar-refractivity contribution in [3.8, 4) is 0 Å². The Morgan fingerprint density at radius 3 is 2.75 bits per heavy atom. The molecule has 0 amide bonds. The van der Waals surface area contributed by atoms with Crippen LogP contribution in [0.15, 0.2) is 21.6 Å². The van der Waals surface area contributed by atoms with E-state index in [2.05, 4.69) is 35.8 Å². The minimum absolute atomic E-state index is 0.0351. The number of aryl methyl sites for hydroxylation is 2. The molecule has 0 spiro atoms.